The second-order valence-electron chi connectivity index (χ2n) is 4.26. The Kier molecular flexibility index (Phi) is 5.49. The van der Waals surface area contributed by atoms with Crippen molar-refractivity contribution < 1.29 is 9.90 Å². The molecule has 1 aromatic carbocycles. The summed E-state index contributed by atoms with van der Waals surface area (Å²) >= 11 is 0. The van der Waals surface area contributed by atoms with E-state index in [4.69, 9.17) is 10.8 Å². The Balaban J connectivity index is 2.25. The summed E-state index contributed by atoms with van der Waals surface area (Å²) in [4.78, 5) is 11.6. The zero-order valence-electron chi connectivity index (χ0n) is 10.1. The number of nitrogens with one attached hydrogen (secondary N) is 1. The number of amides is 1. The standard InChI is InChI=1S/C13H20N2O2/c1-10(16)4-3-7-15-13(17)9-11-5-2-6-12(14)8-11/h2,5-6,8,10,16H,3-4,7,9,14H2,1H3,(H,15,17). The van der Waals surface area contributed by atoms with Crippen molar-refractivity contribution in [2.75, 3.05) is 12.3 Å². The van der Waals surface area contributed by atoms with Crippen LogP contribution in [0, 0.1) is 0 Å². The van der Waals surface area contributed by atoms with Gasteiger partial charge in [-0.05, 0) is 37.5 Å². The summed E-state index contributed by atoms with van der Waals surface area (Å²) in [5, 5.41) is 11.9. The Morgan fingerprint density at radius 3 is 2.94 bits per heavy atom. The van der Waals surface area contributed by atoms with Crippen molar-refractivity contribution in [2.24, 2.45) is 0 Å². The molecule has 0 fully saturated rings. The quantitative estimate of drug-likeness (QED) is 0.511. The highest BCUT2D eigenvalue weighted by Gasteiger charge is 2.03. The number of hydrogen-bond donors (Lipinski definition) is 3. The fourth-order valence-electron chi connectivity index (χ4n) is 1.58. The number of anilines is 1. The van der Waals surface area contributed by atoms with Crippen LogP contribution in [-0.2, 0) is 11.2 Å². The third kappa shape index (κ3) is 5.92. The minimum atomic E-state index is -0.305. The van der Waals surface area contributed by atoms with Gasteiger partial charge in [-0.2, -0.15) is 0 Å². The Morgan fingerprint density at radius 2 is 2.29 bits per heavy atom. The number of aliphatic hydroxyl groups is 1. The van der Waals surface area contributed by atoms with E-state index in [-0.39, 0.29) is 12.0 Å². The van der Waals surface area contributed by atoms with Gasteiger partial charge in [0, 0.05) is 12.2 Å². The molecule has 1 unspecified atom stereocenters. The van der Waals surface area contributed by atoms with Crippen molar-refractivity contribution >= 4 is 11.6 Å². The van der Waals surface area contributed by atoms with Crippen LogP contribution in [0.5, 0.6) is 0 Å². The number of nitrogen functional groups attached to an aromatic ring is 1. The van der Waals surface area contributed by atoms with Crippen LogP contribution in [0.15, 0.2) is 24.3 Å². The molecule has 4 N–H and O–H groups in total. The molecule has 4 heteroatoms. The maximum absolute atomic E-state index is 11.6. The largest absolute Gasteiger partial charge is 0.399 e. The van der Waals surface area contributed by atoms with Gasteiger partial charge in [0.1, 0.15) is 0 Å². The van der Waals surface area contributed by atoms with Gasteiger partial charge in [-0.15, -0.1) is 0 Å². The maximum Gasteiger partial charge on any atom is 0.224 e. The van der Waals surface area contributed by atoms with Gasteiger partial charge in [-0.3, -0.25) is 4.79 Å². The maximum atomic E-state index is 11.6. The normalized spacial score (nSPS) is 12.1. The minimum absolute atomic E-state index is 0.0128. The number of benzene rings is 1. The number of carbonyl (C=O) groups is 1. The molecule has 0 aliphatic rings. The van der Waals surface area contributed by atoms with Crippen LogP contribution in [0.25, 0.3) is 0 Å². The zero-order chi connectivity index (χ0) is 12.7. The minimum Gasteiger partial charge on any atom is -0.399 e. The van der Waals surface area contributed by atoms with Crippen molar-refractivity contribution in [3.63, 3.8) is 0 Å². The average Bonchev–Trinajstić information content (AvgIpc) is 2.24. The molecule has 0 spiro atoms. The second-order valence-corrected chi connectivity index (χ2v) is 4.26. The summed E-state index contributed by atoms with van der Waals surface area (Å²) in [6, 6.07) is 7.32. The van der Waals surface area contributed by atoms with Gasteiger partial charge in [0.2, 0.25) is 5.91 Å². The first kappa shape index (κ1) is 13.5. The lowest BCUT2D eigenvalue weighted by Gasteiger charge is -2.07. The van der Waals surface area contributed by atoms with E-state index in [1.807, 2.05) is 12.1 Å². The Hall–Kier alpha value is -1.55. The van der Waals surface area contributed by atoms with Crippen LogP contribution in [-0.4, -0.2) is 23.7 Å². The molecule has 0 aliphatic carbocycles. The van der Waals surface area contributed by atoms with Gasteiger partial charge < -0.3 is 16.2 Å². The SMILES string of the molecule is CC(O)CCCNC(=O)Cc1cccc(N)c1. The van der Waals surface area contributed by atoms with Gasteiger partial charge in [-0.1, -0.05) is 12.1 Å². The highest BCUT2D eigenvalue weighted by Crippen LogP contribution is 2.06. The van der Waals surface area contributed by atoms with Crippen LogP contribution in [0.4, 0.5) is 5.69 Å². The number of carbonyl (C=O) groups excluding carboxylic acids is 1. The van der Waals surface area contributed by atoms with Crippen molar-refractivity contribution in [1.82, 2.24) is 5.32 Å². The Labute approximate surface area is 102 Å². The average molecular weight is 236 g/mol. The van der Waals surface area contributed by atoms with Crippen LogP contribution in [0.3, 0.4) is 0 Å². The van der Waals surface area contributed by atoms with Crippen LogP contribution < -0.4 is 11.1 Å². The summed E-state index contributed by atoms with van der Waals surface area (Å²) in [7, 11) is 0. The van der Waals surface area contributed by atoms with Crippen molar-refractivity contribution in [3.05, 3.63) is 29.8 Å². The monoisotopic (exact) mass is 236 g/mol. The molecule has 4 nitrogen and oxygen atoms in total. The highest BCUT2D eigenvalue weighted by atomic mass is 16.3. The molecule has 17 heavy (non-hydrogen) atoms. The van der Waals surface area contributed by atoms with E-state index in [1.165, 1.54) is 0 Å². The predicted octanol–water partition coefficient (Wildman–Crippen LogP) is 1.09. The first-order chi connectivity index (χ1) is 8.08. The summed E-state index contributed by atoms with van der Waals surface area (Å²) in [6.07, 6.45) is 1.54. The fraction of sp³-hybridized carbons (Fsp3) is 0.462. The van der Waals surface area contributed by atoms with E-state index in [0.717, 1.165) is 12.0 Å². The number of nitrogens with two attached hydrogens (primary N) is 1. The van der Waals surface area contributed by atoms with E-state index in [9.17, 15) is 4.79 Å². The van der Waals surface area contributed by atoms with E-state index in [0.29, 0.717) is 25.1 Å². The Morgan fingerprint density at radius 1 is 1.53 bits per heavy atom. The topological polar surface area (TPSA) is 75.3 Å². The highest BCUT2D eigenvalue weighted by molar-refractivity contribution is 5.78. The molecule has 1 amide bonds. The molecule has 1 aromatic rings. The molecule has 0 radical (unpaired) electrons. The first-order valence-corrected chi connectivity index (χ1v) is 5.87. The number of hydrogen-bond acceptors (Lipinski definition) is 3. The molecule has 0 aromatic heterocycles. The van der Waals surface area contributed by atoms with Gasteiger partial charge in [0.05, 0.1) is 12.5 Å². The summed E-state index contributed by atoms with van der Waals surface area (Å²) in [6.45, 7) is 2.35. The molecular formula is C13H20N2O2. The summed E-state index contributed by atoms with van der Waals surface area (Å²) < 4.78 is 0. The van der Waals surface area contributed by atoms with Crippen molar-refractivity contribution in [3.8, 4) is 0 Å². The molecule has 0 bridgehead atoms. The fourth-order valence-corrected chi connectivity index (χ4v) is 1.58. The third-order valence-electron chi connectivity index (χ3n) is 2.44. The summed E-state index contributed by atoms with van der Waals surface area (Å²) in [5.74, 6) is -0.0128. The van der Waals surface area contributed by atoms with E-state index in [1.54, 1.807) is 19.1 Å². The summed E-state index contributed by atoms with van der Waals surface area (Å²) in [5.41, 5.74) is 7.22. The van der Waals surface area contributed by atoms with Crippen LogP contribution in [0.2, 0.25) is 0 Å². The van der Waals surface area contributed by atoms with Gasteiger partial charge in [0.25, 0.3) is 0 Å². The molecule has 0 aliphatic heterocycles. The van der Waals surface area contributed by atoms with Gasteiger partial charge in [0.15, 0.2) is 0 Å². The first-order valence-electron chi connectivity index (χ1n) is 5.87. The van der Waals surface area contributed by atoms with Crippen molar-refractivity contribution in [1.29, 1.82) is 0 Å². The molecule has 0 heterocycles. The smallest absolute Gasteiger partial charge is 0.224 e. The number of aliphatic hydroxyl groups excluding tert-OH is 1. The Bertz CT molecular complexity index is 364. The van der Waals surface area contributed by atoms with E-state index < -0.39 is 0 Å². The zero-order valence-corrected chi connectivity index (χ0v) is 10.1. The van der Waals surface area contributed by atoms with Crippen molar-refractivity contribution in [2.45, 2.75) is 32.3 Å². The van der Waals surface area contributed by atoms with Crippen LogP contribution >= 0.6 is 0 Å². The lowest BCUT2D eigenvalue weighted by atomic mass is 10.1. The lowest BCUT2D eigenvalue weighted by Crippen LogP contribution is -2.26. The second kappa shape index (κ2) is 6.91. The molecule has 1 atom stereocenters. The van der Waals surface area contributed by atoms with E-state index in [2.05, 4.69) is 5.32 Å². The third-order valence-corrected chi connectivity index (χ3v) is 2.44. The molecule has 94 valence electrons. The number of rotatable bonds is 6. The molecule has 1 rings (SSSR count). The molecule has 0 saturated heterocycles. The lowest BCUT2D eigenvalue weighted by molar-refractivity contribution is -0.120. The molecule has 0 saturated carbocycles. The van der Waals surface area contributed by atoms with Gasteiger partial charge in [-0.25, -0.2) is 0 Å². The van der Waals surface area contributed by atoms with E-state index >= 15 is 0 Å². The molecular weight excluding hydrogens is 216 g/mol. The van der Waals surface area contributed by atoms with Gasteiger partial charge >= 0.3 is 0 Å². The predicted molar refractivity (Wildman–Crippen MR) is 68.5 cm³/mol. The van der Waals surface area contributed by atoms with Crippen LogP contribution in [0.1, 0.15) is 25.3 Å².